The van der Waals surface area contributed by atoms with Crippen LogP contribution in [0.25, 0.3) is 0 Å². The van der Waals surface area contributed by atoms with Crippen molar-refractivity contribution in [3.63, 3.8) is 0 Å². The number of hydrogen-bond donors (Lipinski definition) is 1. The van der Waals surface area contributed by atoms with Crippen LogP contribution in [0, 0.1) is 12.8 Å². The monoisotopic (exact) mass is 398 g/mol. The van der Waals surface area contributed by atoms with Crippen LogP contribution in [0.5, 0.6) is 0 Å². The third kappa shape index (κ3) is 3.90. The summed E-state index contributed by atoms with van der Waals surface area (Å²) in [7, 11) is 0. The average molecular weight is 399 g/mol. The molecule has 0 unspecified atom stereocenters. The minimum Gasteiger partial charge on any atom is -0.369 e. The molecule has 3 heteroatoms. The zero-order valence-corrected chi connectivity index (χ0v) is 17.6. The van der Waals surface area contributed by atoms with Gasteiger partial charge in [-0.25, -0.2) is 0 Å². The molecule has 1 fully saturated rings. The number of benzene rings is 3. The van der Waals surface area contributed by atoms with Crippen molar-refractivity contribution < 1.29 is 4.79 Å². The van der Waals surface area contributed by atoms with Crippen LogP contribution in [0.2, 0.25) is 0 Å². The van der Waals surface area contributed by atoms with Gasteiger partial charge in [-0.3, -0.25) is 4.79 Å². The summed E-state index contributed by atoms with van der Waals surface area (Å²) in [6.07, 6.45) is 1.98. The number of primary amides is 1. The Balaban J connectivity index is 1.60. The number of carbonyl (C=O) groups excluding carboxylic acids is 1. The number of hydrogen-bond acceptors (Lipinski definition) is 2. The zero-order valence-electron chi connectivity index (χ0n) is 17.6. The first-order valence-corrected chi connectivity index (χ1v) is 10.8. The lowest BCUT2D eigenvalue weighted by Gasteiger charge is -2.37. The molecule has 0 radical (unpaired) electrons. The van der Waals surface area contributed by atoms with E-state index in [0.717, 1.165) is 43.6 Å². The third-order valence-electron chi connectivity index (χ3n) is 6.57. The van der Waals surface area contributed by atoms with Crippen LogP contribution < -0.4 is 5.73 Å². The van der Waals surface area contributed by atoms with Gasteiger partial charge in [0.25, 0.3) is 0 Å². The largest absolute Gasteiger partial charge is 0.369 e. The highest BCUT2D eigenvalue weighted by Gasteiger charge is 2.49. The maximum absolute atomic E-state index is 13.1. The molecule has 0 saturated carbocycles. The molecule has 2 N–H and O–H groups in total. The summed E-state index contributed by atoms with van der Waals surface area (Å²) in [6, 6.07) is 28.9. The molecule has 4 rings (SSSR count). The molecule has 30 heavy (non-hydrogen) atoms. The molecule has 1 atom stereocenters. The number of carbonyl (C=O) groups is 1. The standard InChI is InChI=1S/C27H30N2O/c1-21-12-14-22(15-13-21)16-18-29-19-17-25(20-29)27(26(28)30,23-8-4-2-5-9-23)24-10-6-3-7-11-24/h2-15,25H,16-20H2,1H3,(H2,28,30)/t25-/m0/s1. The van der Waals surface area contributed by atoms with Crippen LogP contribution in [-0.2, 0) is 16.6 Å². The second-order valence-corrected chi connectivity index (χ2v) is 8.43. The Labute approximate surface area is 179 Å². The number of aryl methyl sites for hydroxylation is 1. The first-order chi connectivity index (χ1) is 14.6. The highest BCUT2D eigenvalue weighted by Crippen LogP contribution is 2.43. The van der Waals surface area contributed by atoms with Crippen molar-refractivity contribution in [2.24, 2.45) is 11.7 Å². The number of likely N-dealkylation sites (tertiary alicyclic amines) is 1. The molecule has 1 aliphatic heterocycles. The molecule has 3 aromatic rings. The van der Waals surface area contributed by atoms with Gasteiger partial charge in [-0.05, 0) is 48.9 Å². The number of amides is 1. The maximum Gasteiger partial charge on any atom is 0.232 e. The smallest absolute Gasteiger partial charge is 0.232 e. The summed E-state index contributed by atoms with van der Waals surface area (Å²) in [5.41, 5.74) is 10.0. The molecule has 0 spiro atoms. The number of rotatable bonds is 7. The Morgan fingerprint density at radius 1 is 0.933 bits per heavy atom. The molecule has 3 aromatic carbocycles. The summed E-state index contributed by atoms with van der Waals surface area (Å²) in [6.45, 7) is 4.98. The first-order valence-electron chi connectivity index (χ1n) is 10.8. The molecule has 1 amide bonds. The van der Waals surface area contributed by atoms with E-state index in [1.807, 2.05) is 60.7 Å². The Bertz CT molecular complexity index is 927. The van der Waals surface area contributed by atoms with Crippen molar-refractivity contribution in [2.75, 3.05) is 19.6 Å². The number of nitrogens with zero attached hydrogens (tertiary/aromatic N) is 1. The van der Waals surface area contributed by atoms with Crippen molar-refractivity contribution in [1.29, 1.82) is 0 Å². The van der Waals surface area contributed by atoms with E-state index in [0.29, 0.717) is 0 Å². The molecule has 0 aromatic heterocycles. The minimum atomic E-state index is -0.804. The molecule has 0 bridgehead atoms. The molecule has 154 valence electrons. The lowest BCUT2D eigenvalue weighted by Crippen LogP contribution is -2.49. The van der Waals surface area contributed by atoms with Crippen LogP contribution >= 0.6 is 0 Å². The van der Waals surface area contributed by atoms with Gasteiger partial charge < -0.3 is 10.6 Å². The quantitative estimate of drug-likeness (QED) is 0.644. The van der Waals surface area contributed by atoms with E-state index in [1.54, 1.807) is 0 Å². The predicted octanol–water partition coefficient (Wildman–Crippen LogP) is 4.33. The van der Waals surface area contributed by atoms with Crippen LogP contribution in [0.1, 0.15) is 28.7 Å². The van der Waals surface area contributed by atoms with E-state index in [4.69, 9.17) is 5.73 Å². The third-order valence-corrected chi connectivity index (χ3v) is 6.57. The normalized spacial score (nSPS) is 17.2. The highest BCUT2D eigenvalue weighted by atomic mass is 16.1. The highest BCUT2D eigenvalue weighted by molar-refractivity contribution is 5.91. The van der Waals surface area contributed by atoms with Crippen LogP contribution in [0.3, 0.4) is 0 Å². The zero-order chi connectivity index (χ0) is 21.0. The van der Waals surface area contributed by atoms with Gasteiger partial charge >= 0.3 is 0 Å². The Hall–Kier alpha value is -2.91. The van der Waals surface area contributed by atoms with Crippen LogP contribution in [0.4, 0.5) is 0 Å². The number of nitrogens with two attached hydrogens (primary N) is 1. The lowest BCUT2D eigenvalue weighted by molar-refractivity contribution is -0.123. The molecular formula is C27H30N2O. The Morgan fingerprint density at radius 2 is 1.50 bits per heavy atom. The van der Waals surface area contributed by atoms with Crippen molar-refractivity contribution in [1.82, 2.24) is 4.90 Å². The van der Waals surface area contributed by atoms with E-state index >= 15 is 0 Å². The van der Waals surface area contributed by atoms with Crippen molar-refractivity contribution in [2.45, 2.75) is 25.2 Å². The molecular weight excluding hydrogens is 368 g/mol. The average Bonchev–Trinajstić information content (AvgIpc) is 3.24. The summed E-state index contributed by atoms with van der Waals surface area (Å²) >= 11 is 0. The minimum absolute atomic E-state index is 0.151. The topological polar surface area (TPSA) is 46.3 Å². The molecule has 0 aliphatic carbocycles. The Morgan fingerprint density at radius 3 is 2.03 bits per heavy atom. The maximum atomic E-state index is 13.1. The van der Waals surface area contributed by atoms with Gasteiger partial charge in [-0.2, -0.15) is 0 Å². The summed E-state index contributed by atoms with van der Waals surface area (Å²) in [5.74, 6) is -0.108. The fourth-order valence-corrected chi connectivity index (χ4v) is 4.96. The lowest BCUT2D eigenvalue weighted by atomic mass is 9.64. The summed E-state index contributed by atoms with van der Waals surface area (Å²) in [5, 5.41) is 0. The fourth-order valence-electron chi connectivity index (χ4n) is 4.96. The van der Waals surface area contributed by atoms with E-state index in [2.05, 4.69) is 36.1 Å². The van der Waals surface area contributed by atoms with E-state index in [-0.39, 0.29) is 11.8 Å². The van der Waals surface area contributed by atoms with Gasteiger partial charge in [-0.15, -0.1) is 0 Å². The molecule has 1 aliphatic rings. The summed E-state index contributed by atoms with van der Waals surface area (Å²) < 4.78 is 0. The van der Waals surface area contributed by atoms with Crippen molar-refractivity contribution in [3.8, 4) is 0 Å². The van der Waals surface area contributed by atoms with Crippen molar-refractivity contribution >= 4 is 5.91 Å². The van der Waals surface area contributed by atoms with E-state index in [9.17, 15) is 4.79 Å². The first kappa shape index (κ1) is 20.4. The SMILES string of the molecule is Cc1ccc(CCN2CC[C@H](C(C(N)=O)(c3ccccc3)c3ccccc3)C2)cc1. The van der Waals surface area contributed by atoms with Gasteiger partial charge in [-0.1, -0.05) is 90.5 Å². The Kier molecular flexibility index (Phi) is 6.01. The molecule has 1 saturated heterocycles. The van der Waals surface area contributed by atoms with Gasteiger partial charge in [0, 0.05) is 13.1 Å². The second-order valence-electron chi connectivity index (χ2n) is 8.43. The van der Waals surface area contributed by atoms with Gasteiger partial charge in [0.2, 0.25) is 5.91 Å². The van der Waals surface area contributed by atoms with Gasteiger partial charge in [0.05, 0.1) is 0 Å². The summed E-state index contributed by atoms with van der Waals surface area (Å²) in [4.78, 5) is 15.6. The van der Waals surface area contributed by atoms with E-state index in [1.165, 1.54) is 11.1 Å². The molecule has 1 heterocycles. The fraction of sp³-hybridized carbons (Fsp3) is 0.296. The van der Waals surface area contributed by atoms with Crippen LogP contribution in [0.15, 0.2) is 84.9 Å². The van der Waals surface area contributed by atoms with Crippen molar-refractivity contribution in [3.05, 3.63) is 107 Å². The van der Waals surface area contributed by atoms with Gasteiger partial charge in [0.15, 0.2) is 0 Å². The van der Waals surface area contributed by atoms with E-state index < -0.39 is 5.41 Å². The predicted molar refractivity (Wildman–Crippen MR) is 122 cm³/mol. The van der Waals surface area contributed by atoms with Gasteiger partial charge in [0.1, 0.15) is 5.41 Å². The van der Waals surface area contributed by atoms with Crippen LogP contribution in [-0.4, -0.2) is 30.4 Å². The molecule has 3 nitrogen and oxygen atoms in total. The second kappa shape index (κ2) is 8.85.